The molecule has 0 aromatic carbocycles. The molecule has 3 rings (SSSR count). The fraction of sp³-hybridized carbons (Fsp3) is 0.800. The van der Waals surface area contributed by atoms with Crippen molar-refractivity contribution >= 4 is 0 Å². The molecular weight excluding hydrogens is 222 g/mol. The summed E-state index contributed by atoms with van der Waals surface area (Å²) in [6.45, 7) is 2.09. The standard InChI is InChI=1S/C15H25N3/c1-2-7-15(6-1)18-11-9-14(17-18)12-16-10-8-13-4-3-5-13/h9,11,13,15-16H,1-8,10,12H2. The van der Waals surface area contributed by atoms with Gasteiger partial charge in [-0.05, 0) is 37.8 Å². The Morgan fingerprint density at radius 1 is 1.17 bits per heavy atom. The maximum absolute atomic E-state index is 4.70. The second kappa shape index (κ2) is 5.87. The van der Waals surface area contributed by atoms with E-state index in [9.17, 15) is 0 Å². The molecule has 0 radical (unpaired) electrons. The fourth-order valence-electron chi connectivity index (χ4n) is 3.15. The molecule has 3 heteroatoms. The Morgan fingerprint density at radius 3 is 2.72 bits per heavy atom. The second-order valence-electron chi connectivity index (χ2n) is 5.99. The molecule has 100 valence electrons. The van der Waals surface area contributed by atoms with Gasteiger partial charge < -0.3 is 5.32 Å². The normalized spacial score (nSPS) is 21.3. The van der Waals surface area contributed by atoms with Crippen LogP contribution >= 0.6 is 0 Å². The molecule has 1 aromatic heterocycles. The molecule has 0 spiro atoms. The van der Waals surface area contributed by atoms with E-state index in [-0.39, 0.29) is 0 Å². The second-order valence-corrected chi connectivity index (χ2v) is 5.99. The monoisotopic (exact) mass is 247 g/mol. The predicted molar refractivity (Wildman–Crippen MR) is 73.4 cm³/mol. The Kier molecular flexibility index (Phi) is 3.99. The average molecular weight is 247 g/mol. The van der Waals surface area contributed by atoms with Gasteiger partial charge in [0.05, 0.1) is 11.7 Å². The van der Waals surface area contributed by atoms with E-state index >= 15 is 0 Å². The van der Waals surface area contributed by atoms with Crippen molar-refractivity contribution in [2.75, 3.05) is 6.54 Å². The van der Waals surface area contributed by atoms with Crippen LogP contribution in [0.3, 0.4) is 0 Å². The lowest BCUT2D eigenvalue weighted by Crippen LogP contribution is -2.21. The first kappa shape index (κ1) is 12.2. The summed E-state index contributed by atoms with van der Waals surface area (Å²) in [4.78, 5) is 0. The van der Waals surface area contributed by atoms with Gasteiger partial charge in [-0.1, -0.05) is 32.1 Å². The lowest BCUT2D eigenvalue weighted by atomic mass is 9.83. The summed E-state index contributed by atoms with van der Waals surface area (Å²) in [6, 6.07) is 2.85. The average Bonchev–Trinajstić information content (AvgIpc) is 2.96. The molecule has 0 atom stereocenters. The van der Waals surface area contributed by atoms with Crippen LogP contribution in [0.4, 0.5) is 0 Å². The van der Waals surface area contributed by atoms with Crippen molar-refractivity contribution in [3.8, 4) is 0 Å². The van der Waals surface area contributed by atoms with Gasteiger partial charge in [0.2, 0.25) is 0 Å². The zero-order valence-corrected chi connectivity index (χ0v) is 11.3. The molecule has 0 bridgehead atoms. The molecule has 18 heavy (non-hydrogen) atoms. The van der Waals surface area contributed by atoms with Crippen LogP contribution in [-0.4, -0.2) is 16.3 Å². The smallest absolute Gasteiger partial charge is 0.0762 e. The van der Waals surface area contributed by atoms with Crippen LogP contribution in [0.2, 0.25) is 0 Å². The van der Waals surface area contributed by atoms with Crippen LogP contribution in [0.25, 0.3) is 0 Å². The van der Waals surface area contributed by atoms with E-state index in [0.29, 0.717) is 6.04 Å². The molecule has 2 fully saturated rings. The summed E-state index contributed by atoms with van der Waals surface area (Å²) in [5.74, 6) is 1.01. The third-order valence-corrected chi connectivity index (χ3v) is 4.62. The number of hydrogen-bond donors (Lipinski definition) is 1. The highest BCUT2D eigenvalue weighted by atomic mass is 15.3. The molecule has 3 nitrogen and oxygen atoms in total. The third kappa shape index (κ3) is 2.94. The Hall–Kier alpha value is -0.830. The van der Waals surface area contributed by atoms with Crippen LogP contribution in [0.15, 0.2) is 12.3 Å². The first-order valence-corrected chi connectivity index (χ1v) is 7.66. The number of hydrogen-bond acceptors (Lipinski definition) is 2. The van der Waals surface area contributed by atoms with Gasteiger partial charge in [-0.25, -0.2) is 0 Å². The summed E-state index contributed by atoms with van der Waals surface area (Å²) >= 11 is 0. The van der Waals surface area contributed by atoms with E-state index in [1.807, 2.05) is 0 Å². The molecule has 0 amide bonds. The summed E-state index contributed by atoms with van der Waals surface area (Å²) in [5.41, 5.74) is 1.20. The van der Waals surface area contributed by atoms with E-state index in [1.165, 1.54) is 57.1 Å². The minimum Gasteiger partial charge on any atom is -0.311 e. The lowest BCUT2D eigenvalue weighted by Gasteiger charge is -2.25. The van der Waals surface area contributed by atoms with Crippen LogP contribution < -0.4 is 5.32 Å². The molecule has 1 N–H and O–H groups in total. The Labute approximate surface area is 110 Å². The lowest BCUT2D eigenvalue weighted by molar-refractivity contribution is 0.292. The highest BCUT2D eigenvalue weighted by molar-refractivity contribution is 4.99. The first-order valence-electron chi connectivity index (χ1n) is 7.66. The summed E-state index contributed by atoms with van der Waals surface area (Å²) < 4.78 is 2.19. The highest BCUT2D eigenvalue weighted by Crippen LogP contribution is 2.29. The largest absolute Gasteiger partial charge is 0.311 e. The molecule has 1 aromatic rings. The topological polar surface area (TPSA) is 29.9 Å². The Balaban J connectivity index is 1.39. The number of aromatic nitrogens is 2. The Bertz CT molecular complexity index is 362. The van der Waals surface area contributed by atoms with Crippen molar-refractivity contribution in [2.24, 2.45) is 5.92 Å². The van der Waals surface area contributed by atoms with Gasteiger partial charge >= 0.3 is 0 Å². The van der Waals surface area contributed by atoms with Crippen LogP contribution in [0.5, 0.6) is 0 Å². The van der Waals surface area contributed by atoms with Crippen LogP contribution in [0, 0.1) is 5.92 Å². The van der Waals surface area contributed by atoms with Gasteiger partial charge in [-0.2, -0.15) is 5.10 Å². The molecule has 0 unspecified atom stereocenters. The zero-order chi connectivity index (χ0) is 12.2. The van der Waals surface area contributed by atoms with Crippen molar-refractivity contribution < 1.29 is 0 Å². The number of rotatable bonds is 6. The maximum atomic E-state index is 4.70. The third-order valence-electron chi connectivity index (χ3n) is 4.62. The molecule has 2 aliphatic rings. The first-order chi connectivity index (χ1) is 8.92. The minimum atomic E-state index is 0.675. The van der Waals surface area contributed by atoms with E-state index in [1.54, 1.807) is 0 Å². The van der Waals surface area contributed by atoms with Gasteiger partial charge in [0.25, 0.3) is 0 Å². The van der Waals surface area contributed by atoms with Gasteiger partial charge in [-0.3, -0.25) is 4.68 Å². The zero-order valence-electron chi connectivity index (χ0n) is 11.3. The fourth-order valence-corrected chi connectivity index (χ4v) is 3.15. The van der Waals surface area contributed by atoms with Crippen molar-refractivity contribution in [2.45, 2.75) is 64.0 Å². The van der Waals surface area contributed by atoms with Crippen molar-refractivity contribution in [1.29, 1.82) is 0 Å². The van der Waals surface area contributed by atoms with Gasteiger partial charge in [0.1, 0.15) is 0 Å². The van der Waals surface area contributed by atoms with Crippen molar-refractivity contribution in [3.63, 3.8) is 0 Å². The van der Waals surface area contributed by atoms with Crippen LogP contribution in [0.1, 0.15) is 63.1 Å². The van der Waals surface area contributed by atoms with E-state index in [0.717, 1.165) is 19.0 Å². The summed E-state index contributed by atoms with van der Waals surface area (Å²) in [5, 5.41) is 8.23. The number of nitrogens with zero attached hydrogens (tertiary/aromatic N) is 2. The molecule has 2 saturated carbocycles. The summed E-state index contributed by atoms with van der Waals surface area (Å²) in [7, 11) is 0. The highest BCUT2D eigenvalue weighted by Gasteiger charge is 2.18. The number of nitrogens with one attached hydrogen (secondary N) is 1. The molecule has 0 aliphatic heterocycles. The van der Waals surface area contributed by atoms with Crippen molar-refractivity contribution in [1.82, 2.24) is 15.1 Å². The molecule has 2 aliphatic carbocycles. The Morgan fingerprint density at radius 2 is 2.00 bits per heavy atom. The van der Waals surface area contributed by atoms with E-state index in [4.69, 9.17) is 5.10 Å². The predicted octanol–water partition coefficient (Wildman–Crippen LogP) is 3.28. The molecule has 0 saturated heterocycles. The molecular formula is C15H25N3. The SMILES string of the molecule is c1cn(C2CCCC2)nc1CNCCC1CCC1. The summed E-state index contributed by atoms with van der Waals surface area (Å²) in [6.07, 6.45) is 13.3. The quantitative estimate of drug-likeness (QED) is 0.782. The van der Waals surface area contributed by atoms with Crippen LogP contribution in [-0.2, 0) is 6.54 Å². The van der Waals surface area contributed by atoms with Gasteiger partial charge in [0.15, 0.2) is 0 Å². The van der Waals surface area contributed by atoms with Gasteiger partial charge in [0, 0.05) is 12.7 Å². The molecule has 1 heterocycles. The minimum absolute atomic E-state index is 0.675. The van der Waals surface area contributed by atoms with E-state index < -0.39 is 0 Å². The van der Waals surface area contributed by atoms with Gasteiger partial charge in [-0.15, -0.1) is 0 Å². The van der Waals surface area contributed by atoms with Crippen molar-refractivity contribution in [3.05, 3.63) is 18.0 Å². The van der Waals surface area contributed by atoms with E-state index in [2.05, 4.69) is 22.3 Å². The maximum Gasteiger partial charge on any atom is 0.0762 e.